The summed E-state index contributed by atoms with van der Waals surface area (Å²) in [6.07, 6.45) is 2.09. The molecule has 0 aliphatic heterocycles. The number of aromatic nitrogens is 1. The highest BCUT2D eigenvalue weighted by Gasteiger charge is 2.37. The minimum atomic E-state index is -1.06. The van der Waals surface area contributed by atoms with Crippen molar-refractivity contribution in [3.63, 3.8) is 0 Å². The third-order valence-corrected chi connectivity index (χ3v) is 3.41. The van der Waals surface area contributed by atoms with E-state index in [1.165, 1.54) is 0 Å². The summed E-state index contributed by atoms with van der Waals surface area (Å²) in [5.41, 5.74) is -1.03. The van der Waals surface area contributed by atoms with Crippen LogP contribution in [0, 0.1) is 0 Å². The van der Waals surface area contributed by atoms with E-state index in [1.54, 1.807) is 39.1 Å². The van der Waals surface area contributed by atoms with Gasteiger partial charge in [0.2, 0.25) is 0 Å². The number of ether oxygens (including phenoxy) is 1. The van der Waals surface area contributed by atoms with Crippen LogP contribution >= 0.6 is 0 Å². The lowest BCUT2D eigenvalue weighted by Crippen LogP contribution is -2.47. The number of aliphatic hydroxyl groups is 1. The van der Waals surface area contributed by atoms with Crippen LogP contribution in [0.25, 0.3) is 0 Å². The molecule has 1 amide bonds. The third kappa shape index (κ3) is 5.01. The van der Waals surface area contributed by atoms with Gasteiger partial charge in [0, 0.05) is 6.20 Å². The van der Waals surface area contributed by atoms with Crippen LogP contribution < -0.4 is 5.32 Å². The Morgan fingerprint density at radius 3 is 2.38 bits per heavy atom. The van der Waals surface area contributed by atoms with Crippen molar-refractivity contribution in [2.75, 3.05) is 0 Å². The fourth-order valence-electron chi connectivity index (χ4n) is 2.11. The quantitative estimate of drug-likeness (QED) is 0.874. The second kappa shape index (κ2) is 6.89. The number of hydrogen-bond donors (Lipinski definition) is 2. The molecule has 1 rings (SSSR count). The number of rotatable bonds is 5. The molecule has 118 valence electrons. The number of hydrogen-bond acceptors (Lipinski definition) is 4. The Kier molecular flexibility index (Phi) is 5.72. The molecule has 1 aromatic heterocycles. The Hall–Kier alpha value is -1.62. The molecular formula is C16H26N2O3. The van der Waals surface area contributed by atoms with Crippen LogP contribution in [0.5, 0.6) is 0 Å². The summed E-state index contributed by atoms with van der Waals surface area (Å²) in [4.78, 5) is 16.3. The van der Waals surface area contributed by atoms with Crippen LogP contribution in [0.15, 0.2) is 24.4 Å². The average Bonchev–Trinajstić information content (AvgIpc) is 2.43. The highest BCUT2D eigenvalue weighted by atomic mass is 16.6. The molecule has 0 saturated carbocycles. The van der Waals surface area contributed by atoms with Gasteiger partial charge in [-0.05, 0) is 45.7 Å². The minimum Gasteiger partial charge on any atom is -0.444 e. The molecule has 5 nitrogen and oxygen atoms in total. The Bertz CT molecular complexity index is 450. The van der Waals surface area contributed by atoms with Gasteiger partial charge in [-0.15, -0.1) is 0 Å². The van der Waals surface area contributed by atoms with E-state index in [4.69, 9.17) is 4.74 Å². The summed E-state index contributed by atoms with van der Waals surface area (Å²) in [5.74, 6) is 0. The topological polar surface area (TPSA) is 71.5 Å². The standard InChI is InChI=1S/C16H26N2O3/c1-6-16(20,7-2)13(12-10-8-9-11-17-12)18-14(19)21-15(3,4)5/h8-11,13,20H,6-7H2,1-5H3,(H,18,19). The largest absolute Gasteiger partial charge is 0.444 e. The molecule has 0 radical (unpaired) electrons. The van der Waals surface area contributed by atoms with Crippen molar-refractivity contribution < 1.29 is 14.6 Å². The van der Waals surface area contributed by atoms with E-state index >= 15 is 0 Å². The van der Waals surface area contributed by atoms with Gasteiger partial charge in [-0.3, -0.25) is 4.98 Å². The highest BCUT2D eigenvalue weighted by Crippen LogP contribution is 2.31. The molecule has 1 aromatic rings. The summed E-state index contributed by atoms with van der Waals surface area (Å²) >= 11 is 0. The molecule has 1 atom stereocenters. The van der Waals surface area contributed by atoms with Gasteiger partial charge in [-0.25, -0.2) is 4.79 Å². The van der Waals surface area contributed by atoms with Crippen LogP contribution in [0.2, 0.25) is 0 Å². The molecule has 0 bridgehead atoms. The number of amides is 1. The second-order valence-corrected chi connectivity index (χ2v) is 6.14. The maximum absolute atomic E-state index is 12.0. The van der Waals surface area contributed by atoms with Crippen LogP contribution in [0.3, 0.4) is 0 Å². The molecule has 0 aromatic carbocycles. The minimum absolute atomic E-state index is 0.501. The summed E-state index contributed by atoms with van der Waals surface area (Å²) in [6.45, 7) is 9.17. The zero-order valence-corrected chi connectivity index (χ0v) is 13.5. The Morgan fingerprint density at radius 1 is 1.33 bits per heavy atom. The van der Waals surface area contributed by atoms with Crippen molar-refractivity contribution in [2.45, 2.75) is 64.7 Å². The van der Waals surface area contributed by atoms with Gasteiger partial charge in [0.25, 0.3) is 0 Å². The fraction of sp³-hybridized carbons (Fsp3) is 0.625. The van der Waals surface area contributed by atoms with Gasteiger partial charge in [0.05, 0.1) is 11.3 Å². The van der Waals surface area contributed by atoms with Gasteiger partial charge in [0.1, 0.15) is 11.6 Å². The normalized spacial score (nSPS) is 13.6. The number of nitrogens with one attached hydrogen (secondary N) is 1. The molecule has 2 N–H and O–H groups in total. The zero-order chi connectivity index (χ0) is 16.1. The first kappa shape index (κ1) is 17.4. The predicted molar refractivity (Wildman–Crippen MR) is 81.9 cm³/mol. The highest BCUT2D eigenvalue weighted by molar-refractivity contribution is 5.68. The predicted octanol–water partition coefficient (Wildman–Crippen LogP) is 3.20. The molecule has 0 aliphatic carbocycles. The average molecular weight is 294 g/mol. The van der Waals surface area contributed by atoms with Crippen molar-refractivity contribution in [2.24, 2.45) is 0 Å². The molecule has 0 fully saturated rings. The van der Waals surface area contributed by atoms with Gasteiger partial charge < -0.3 is 15.2 Å². The van der Waals surface area contributed by atoms with Crippen molar-refractivity contribution in [1.29, 1.82) is 0 Å². The Labute approximate surface area is 126 Å². The maximum atomic E-state index is 12.0. The first-order valence-electron chi connectivity index (χ1n) is 7.34. The van der Waals surface area contributed by atoms with Gasteiger partial charge in [-0.1, -0.05) is 19.9 Å². The van der Waals surface area contributed by atoms with E-state index in [0.717, 1.165) is 0 Å². The molecule has 1 heterocycles. The van der Waals surface area contributed by atoms with Gasteiger partial charge in [-0.2, -0.15) is 0 Å². The summed E-state index contributed by atoms with van der Waals surface area (Å²) in [5, 5.41) is 13.5. The number of carbonyl (C=O) groups is 1. The van der Waals surface area contributed by atoms with Gasteiger partial charge >= 0.3 is 6.09 Å². The summed E-state index contributed by atoms with van der Waals surface area (Å²) in [7, 11) is 0. The van der Waals surface area contributed by atoms with Crippen LogP contribution in [-0.2, 0) is 4.74 Å². The number of nitrogens with zero attached hydrogens (tertiary/aromatic N) is 1. The van der Waals surface area contributed by atoms with E-state index in [1.807, 2.05) is 19.9 Å². The molecule has 1 unspecified atom stereocenters. The molecule has 0 spiro atoms. The van der Waals surface area contributed by atoms with Gasteiger partial charge in [0.15, 0.2) is 0 Å². The molecule has 21 heavy (non-hydrogen) atoms. The number of pyridine rings is 1. The van der Waals surface area contributed by atoms with Crippen LogP contribution in [0.1, 0.15) is 59.2 Å². The fourth-order valence-corrected chi connectivity index (χ4v) is 2.11. The van der Waals surface area contributed by atoms with E-state index in [-0.39, 0.29) is 0 Å². The van der Waals surface area contributed by atoms with Crippen molar-refractivity contribution in [1.82, 2.24) is 10.3 Å². The smallest absolute Gasteiger partial charge is 0.408 e. The lowest BCUT2D eigenvalue weighted by atomic mass is 9.86. The summed E-state index contributed by atoms with van der Waals surface area (Å²) in [6, 6.07) is 4.81. The van der Waals surface area contributed by atoms with Crippen molar-refractivity contribution in [3.8, 4) is 0 Å². The van der Waals surface area contributed by atoms with Crippen molar-refractivity contribution in [3.05, 3.63) is 30.1 Å². The van der Waals surface area contributed by atoms with Crippen molar-refractivity contribution >= 4 is 6.09 Å². The number of carbonyl (C=O) groups excluding carboxylic acids is 1. The maximum Gasteiger partial charge on any atom is 0.408 e. The lowest BCUT2D eigenvalue weighted by Gasteiger charge is -2.35. The molecule has 5 heteroatoms. The van der Waals surface area contributed by atoms with E-state index < -0.39 is 23.3 Å². The first-order chi connectivity index (χ1) is 9.72. The first-order valence-corrected chi connectivity index (χ1v) is 7.34. The van der Waals surface area contributed by atoms with E-state index in [0.29, 0.717) is 18.5 Å². The third-order valence-electron chi connectivity index (χ3n) is 3.41. The lowest BCUT2D eigenvalue weighted by molar-refractivity contribution is -0.0156. The van der Waals surface area contributed by atoms with E-state index in [9.17, 15) is 9.90 Å². The summed E-state index contributed by atoms with van der Waals surface area (Å²) < 4.78 is 5.28. The zero-order valence-electron chi connectivity index (χ0n) is 13.5. The SMILES string of the molecule is CCC(O)(CC)C(NC(=O)OC(C)(C)C)c1ccccn1. The second-order valence-electron chi connectivity index (χ2n) is 6.14. The Balaban J connectivity index is 3.01. The number of alkyl carbamates (subject to hydrolysis) is 1. The molecular weight excluding hydrogens is 268 g/mol. The monoisotopic (exact) mass is 294 g/mol. The van der Waals surface area contributed by atoms with Crippen LogP contribution in [0.4, 0.5) is 4.79 Å². The Morgan fingerprint density at radius 2 is 1.95 bits per heavy atom. The molecule has 0 aliphatic rings. The van der Waals surface area contributed by atoms with E-state index in [2.05, 4.69) is 10.3 Å². The van der Waals surface area contributed by atoms with Crippen LogP contribution in [-0.4, -0.2) is 27.4 Å². The molecule has 0 saturated heterocycles.